The topological polar surface area (TPSA) is 26.3 Å². The highest BCUT2D eigenvalue weighted by Crippen LogP contribution is 2.62. The molecule has 0 spiro atoms. The summed E-state index contributed by atoms with van der Waals surface area (Å²) in [6.45, 7) is 4.42. The zero-order chi connectivity index (χ0) is 15.3. The molecule has 2 saturated carbocycles. The van der Waals surface area contributed by atoms with Gasteiger partial charge in [-0.1, -0.05) is 26.0 Å². The van der Waals surface area contributed by atoms with Gasteiger partial charge in [0.15, 0.2) is 0 Å². The maximum Gasteiger partial charge on any atom is 0.314 e. The molecule has 3 heteroatoms. The van der Waals surface area contributed by atoms with Crippen molar-refractivity contribution in [3.63, 3.8) is 0 Å². The molecule has 6 atom stereocenters. The minimum Gasteiger partial charge on any atom is -0.426 e. The van der Waals surface area contributed by atoms with Crippen LogP contribution in [0.15, 0.2) is 24.3 Å². The number of benzene rings is 1. The number of ether oxygens (including phenoxy) is 1. The molecule has 1 aromatic carbocycles. The highest BCUT2D eigenvalue weighted by molar-refractivity contribution is 8.01. The first kappa shape index (κ1) is 14.6. The zero-order valence-electron chi connectivity index (χ0n) is 13.3. The molecular formula is C19H24O2S. The van der Waals surface area contributed by atoms with Crippen LogP contribution >= 0.6 is 11.8 Å². The third kappa shape index (κ3) is 2.29. The first-order valence-electron chi connectivity index (χ1n) is 8.60. The third-order valence-corrected chi connectivity index (χ3v) is 7.82. The average Bonchev–Trinajstić information content (AvgIpc) is 2.99. The minimum absolute atomic E-state index is 0.00902. The lowest BCUT2D eigenvalue weighted by Crippen LogP contribution is -2.42. The number of carbonyl (C=O) groups excluding carboxylic acids is 1. The number of esters is 1. The van der Waals surface area contributed by atoms with Crippen LogP contribution in [0.25, 0.3) is 0 Å². The predicted octanol–water partition coefficient (Wildman–Crippen LogP) is 4.49. The van der Waals surface area contributed by atoms with E-state index in [1.165, 1.54) is 17.7 Å². The molecule has 2 nitrogen and oxygen atoms in total. The largest absolute Gasteiger partial charge is 0.426 e. The lowest BCUT2D eigenvalue weighted by molar-refractivity contribution is -0.140. The second-order valence-corrected chi connectivity index (χ2v) is 8.47. The van der Waals surface area contributed by atoms with Crippen molar-refractivity contribution in [3.05, 3.63) is 29.8 Å². The Bertz CT molecular complexity index is 565. The molecule has 118 valence electrons. The van der Waals surface area contributed by atoms with E-state index in [4.69, 9.17) is 4.74 Å². The van der Waals surface area contributed by atoms with Crippen molar-refractivity contribution >= 4 is 17.7 Å². The van der Waals surface area contributed by atoms with Gasteiger partial charge < -0.3 is 4.74 Å². The molecule has 1 aliphatic heterocycles. The Morgan fingerprint density at radius 2 is 2.05 bits per heavy atom. The lowest BCUT2D eigenvalue weighted by atomic mass is 9.82. The van der Waals surface area contributed by atoms with E-state index in [0.717, 1.165) is 29.9 Å². The van der Waals surface area contributed by atoms with Crippen LogP contribution in [-0.4, -0.2) is 17.0 Å². The van der Waals surface area contributed by atoms with Crippen molar-refractivity contribution < 1.29 is 9.53 Å². The van der Waals surface area contributed by atoms with E-state index >= 15 is 0 Å². The Balaban J connectivity index is 1.40. The van der Waals surface area contributed by atoms with Crippen molar-refractivity contribution in [1.82, 2.24) is 0 Å². The van der Waals surface area contributed by atoms with Crippen LogP contribution in [0.3, 0.4) is 0 Å². The van der Waals surface area contributed by atoms with Gasteiger partial charge in [-0.15, -0.1) is 0 Å². The van der Waals surface area contributed by atoms with E-state index in [-0.39, 0.29) is 11.9 Å². The molecule has 0 amide bonds. The molecule has 3 fully saturated rings. The number of thioether (sulfide) groups is 1. The van der Waals surface area contributed by atoms with Crippen LogP contribution in [0.4, 0.5) is 0 Å². The second-order valence-electron chi connectivity index (χ2n) is 7.26. The summed E-state index contributed by atoms with van der Waals surface area (Å²) in [6, 6.07) is 8.09. The van der Waals surface area contributed by atoms with Crippen LogP contribution < -0.4 is 4.74 Å². The van der Waals surface area contributed by atoms with E-state index in [9.17, 15) is 4.79 Å². The summed E-state index contributed by atoms with van der Waals surface area (Å²) in [6.07, 6.45) is 3.45. The molecule has 1 heterocycles. The molecule has 3 aliphatic rings. The molecule has 1 aromatic rings. The Hall–Kier alpha value is -0.960. The van der Waals surface area contributed by atoms with Crippen molar-refractivity contribution in [2.24, 2.45) is 23.7 Å². The quantitative estimate of drug-likeness (QED) is 0.604. The molecule has 2 aliphatic carbocycles. The minimum atomic E-state index is 0.00902. The van der Waals surface area contributed by atoms with Gasteiger partial charge in [-0.25, -0.2) is 0 Å². The molecule has 0 N–H and O–H groups in total. The van der Waals surface area contributed by atoms with Gasteiger partial charge in [0.05, 0.1) is 5.92 Å². The summed E-state index contributed by atoms with van der Waals surface area (Å²) in [5, 5.41) is 0.754. The molecule has 22 heavy (non-hydrogen) atoms. The molecule has 4 rings (SSSR count). The van der Waals surface area contributed by atoms with Crippen molar-refractivity contribution in [1.29, 1.82) is 0 Å². The number of fused-ring (bicyclic) bond motifs is 5. The molecular weight excluding hydrogens is 292 g/mol. The summed E-state index contributed by atoms with van der Waals surface area (Å²) in [5.74, 6) is 5.03. The van der Waals surface area contributed by atoms with Gasteiger partial charge in [0.25, 0.3) is 0 Å². The van der Waals surface area contributed by atoms with Gasteiger partial charge in [-0.05, 0) is 66.4 Å². The Morgan fingerprint density at radius 3 is 2.64 bits per heavy atom. The second kappa shape index (κ2) is 5.59. The first-order valence-corrected chi connectivity index (χ1v) is 9.65. The fourth-order valence-corrected chi connectivity index (χ4v) is 6.23. The van der Waals surface area contributed by atoms with Gasteiger partial charge >= 0.3 is 5.97 Å². The number of hydrogen-bond acceptors (Lipinski definition) is 3. The summed E-state index contributed by atoms with van der Waals surface area (Å²) < 4.78 is 5.68. The third-order valence-electron chi connectivity index (χ3n) is 6.16. The van der Waals surface area contributed by atoms with Crippen LogP contribution in [0.1, 0.15) is 44.6 Å². The maximum absolute atomic E-state index is 12.5. The molecule has 1 saturated heterocycles. The van der Waals surface area contributed by atoms with Gasteiger partial charge in [0.1, 0.15) is 5.75 Å². The van der Waals surface area contributed by atoms with Crippen LogP contribution in [0.2, 0.25) is 0 Å². The Kier molecular flexibility index (Phi) is 3.72. The van der Waals surface area contributed by atoms with E-state index in [1.807, 2.05) is 12.1 Å². The molecule has 0 aromatic heterocycles. The summed E-state index contributed by atoms with van der Waals surface area (Å²) in [7, 11) is 0. The zero-order valence-corrected chi connectivity index (χ0v) is 14.1. The smallest absolute Gasteiger partial charge is 0.314 e. The van der Waals surface area contributed by atoms with Crippen LogP contribution in [0.5, 0.6) is 5.75 Å². The summed E-state index contributed by atoms with van der Waals surface area (Å²) in [4.78, 5) is 12.5. The van der Waals surface area contributed by atoms with Gasteiger partial charge in [0, 0.05) is 5.25 Å². The number of rotatable bonds is 4. The molecule has 6 unspecified atom stereocenters. The average molecular weight is 316 g/mol. The van der Waals surface area contributed by atoms with Gasteiger partial charge in [0.2, 0.25) is 0 Å². The van der Waals surface area contributed by atoms with Crippen molar-refractivity contribution in [3.8, 4) is 5.75 Å². The number of carbonyl (C=O) groups is 1. The normalized spacial score (nSPS) is 36.5. The van der Waals surface area contributed by atoms with E-state index in [2.05, 4.69) is 37.7 Å². The summed E-state index contributed by atoms with van der Waals surface area (Å²) >= 11 is 2.07. The van der Waals surface area contributed by atoms with Crippen molar-refractivity contribution in [2.75, 3.05) is 5.75 Å². The SMILES string of the molecule is CCC(C)c1ccc(OC(=O)C2CC3CC2C2SCC32)cc1. The van der Waals surface area contributed by atoms with Crippen molar-refractivity contribution in [2.45, 2.75) is 44.3 Å². The van der Waals surface area contributed by atoms with E-state index in [0.29, 0.717) is 17.6 Å². The summed E-state index contributed by atoms with van der Waals surface area (Å²) in [5.41, 5.74) is 1.32. The van der Waals surface area contributed by atoms with Gasteiger partial charge in [-0.3, -0.25) is 4.79 Å². The monoisotopic (exact) mass is 316 g/mol. The Morgan fingerprint density at radius 1 is 1.27 bits per heavy atom. The highest BCUT2D eigenvalue weighted by atomic mass is 32.2. The fraction of sp³-hybridized carbons (Fsp3) is 0.632. The fourth-order valence-electron chi connectivity index (χ4n) is 4.55. The van der Waals surface area contributed by atoms with Gasteiger partial charge in [-0.2, -0.15) is 11.8 Å². The van der Waals surface area contributed by atoms with Crippen LogP contribution in [0, 0.1) is 23.7 Å². The van der Waals surface area contributed by atoms with E-state index < -0.39 is 0 Å². The van der Waals surface area contributed by atoms with Crippen LogP contribution in [-0.2, 0) is 4.79 Å². The molecule has 0 radical (unpaired) electrons. The first-order chi connectivity index (χ1) is 10.7. The molecule has 2 bridgehead atoms. The Labute approximate surface area is 137 Å². The predicted molar refractivity (Wildman–Crippen MR) is 90.2 cm³/mol. The highest BCUT2D eigenvalue weighted by Gasteiger charge is 2.59. The maximum atomic E-state index is 12.5. The number of hydrogen-bond donors (Lipinski definition) is 0. The standard InChI is InChI=1S/C19H24O2S/c1-3-11(2)12-4-6-14(7-5-12)21-19(20)16-9-13-8-15(16)18-17(13)10-22-18/h4-7,11,13,15-18H,3,8-10H2,1-2H3. The van der Waals surface area contributed by atoms with E-state index in [1.54, 1.807) is 0 Å². The lowest BCUT2D eigenvalue weighted by Gasteiger charge is -2.41.